The molecule has 0 aliphatic rings. The van der Waals surface area contributed by atoms with Crippen LogP contribution in [0.5, 0.6) is 0 Å². The lowest BCUT2D eigenvalue weighted by Crippen LogP contribution is -2.33. The van der Waals surface area contributed by atoms with Gasteiger partial charge in [-0.25, -0.2) is 0 Å². The Kier molecular flexibility index (Phi) is 5.72. The van der Waals surface area contributed by atoms with Gasteiger partial charge in [-0.2, -0.15) is 5.10 Å². The Balaban J connectivity index is 1.96. The van der Waals surface area contributed by atoms with Gasteiger partial charge in [0.05, 0.1) is 6.54 Å². The van der Waals surface area contributed by atoms with Crippen LogP contribution in [0, 0.1) is 0 Å². The molecule has 118 valence electrons. The van der Waals surface area contributed by atoms with Gasteiger partial charge in [0, 0.05) is 38.4 Å². The second-order valence-corrected chi connectivity index (χ2v) is 5.67. The molecule has 0 aliphatic heterocycles. The molecule has 0 unspecified atom stereocenters. The Labute approximate surface area is 131 Å². The summed E-state index contributed by atoms with van der Waals surface area (Å²) in [7, 11) is 3.72. The van der Waals surface area contributed by atoms with Gasteiger partial charge in [-0.3, -0.25) is 14.4 Å². The maximum Gasteiger partial charge on any atom is 0.221 e. The highest BCUT2D eigenvalue weighted by molar-refractivity contribution is 5.76. The Hall–Kier alpha value is -2.14. The maximum absolute atomic E-state index is 11.5. The highest BCUT2D eigenvalue weighted by Gasteiger charge is 2.13. The summed E-state index contributed by atoms with van der Waals surface area (Å²) in [5.74, 6) is 0.0757. The first-order chi connectivity index (χ1) is 10.6. The summed E-state index contributed by atoms with van der Waals surface area (Å²) in [5.41, 5.74) is 2.48. The van der Waals surface area contributed by atoms with E-state index in [-0.39, 0.29) is 11.9 Å². The van der Waals surface area contributed by atoms with Crippen molar-refractivity contribution >= 4 is 5.91 Å². The van der Waals surface area contributed by atoms with Gasteiger partial charge in [-0.05, 0) is 31.2 Å². The molecule has 5 nitrogen and oxygen atoms in total. The van der Waals surface area contributed by atoms with Crippen LogP contribution in [0.2, 0.25) is 0 Å². The lowest BCUT2D eigenvalue weighted by Gasteiger charge is -2.24. The molecule has 1 amide bonds. The summed E-state index contributed by atoms with van der Waals surface area (Å²) < 4.78 is 1.91. The standard InChI is InChI=1S/C17H24N4O/c1-14(10-17(22)18-2)20(3)12-15-6-4-7-16(11-15)13-21-9-5-8-19-21/h4-9,11,14H,10,12-13H2,1-3H3,(H,18,22)/t14-/m1/s1. The Morgan fingerprint density at radius 2 is 2.14 bits per heavy atom. The molecule has 2 aromatic rings. The van der Waals surface area contributed by atoms with E-state index in [9.17, 15) is 4.79 Å². The largest absolute Gasteiger partial charge is 0.359 e. The molecule has 0 spiro atoms. The summed E-state index contributed by atoms with van der Waals surface area (Å²) in [6.07, 6.45) is 4.27. The molecular formula is C17H24N4O. The topological polar surface area (TPSA) is 50.2 Å². The number of aromatic nitrogens is 2. The predicted molar refractivity (Wildman–Crippen MR) is 87.4 cm³/mol. The molecule has 0 saturated heterocycles. The van der Waals surface area contributed by atoms with Crippen LogP contribution in [-0.2, 0) is 17.9 Å². The van der Waals surface area contributed by atoms with Crippen LogP contribution in [0.25, 0.3) is 0 Å². The van der Waals surface area contributed by atoms with Gasteiger partial charge in [0.1, 0.15) is 0 Å². The molecule has 1 aromatic carbocycles. The summed E-state index contributed by atoms with van der Waals surface area (Å²) >= 11 is 0. The van der Waals surface area contributed by atoms with E-state index < -0.39 is 0 Å². The van der Waals surface area contributed by atoms with E-state index in [0.717, 1.165) is 13.1 Å². The Morgan fingerprint density at radius 3 is 2.82 bits per heavy atom. The van der Waals surface area contributed by atoms with Crippen LogP contribution in [-0.4, -0.2) is 40.7 Å². The first kappa shape index (κ1) is 16.2. The minimum absolute atomic E-state index is 0.0757. The second kappa shape index (κ2) is 7.75. The van der Waals surface area contributed by atoms with Crippen molar-refractivity contribution in [2.24, 2.45) is 0 Å². The normalized spacial score (nSPS) is 12.4. The van der Waals surface area contributed by atoms with Crippen molar-refractivity contribution in [1.29, 1.82) is 0 Å². The molecule has 0 bridgehead atoms. The molecule has 1 N–H and O–H groups in total. The smallest absolute Gasteiger partial charge is 0.221 e. The van der Waals surface area contributed by atoms with E-state index in [1.165, 1.54) is 11.1 Å². The van der Waals surface area contributed by atoms with Crippen LogP contribution in [0.4, 0.5) is 0 Å². The van der Waals surface area contributed by atoms with Crippen molar-refractivity contribution in [2.75, 3.05) is 14.1 Å². The number of rotatable bonds is 7. The Morgan fingerprint density at radius 1 is 1.36 bits per heavy atom. The van der Waals surface area contributed by atoms with Crippen LogP contribution in [0.3, 0.4) is 0 Å². The van der Waals surface area contributed by atoms with E-state index in [1.54, 1.807) is 13.2 Å². The van der Waals surface area contributed by atoms with E-state index in [1.807, 2.05) is 24.0 Å². The number of carbonyl (C=O) groups is 1. The summed E-state index contributed by atoms with van der Waals surface area (Å²) in [6, 6.07) is 10.6. The van der Waals surface area contributed by atoms with Crippen molar-refractivity contribution in [3.63, 3.8) is 0 Å². The van der Waals surface area contributed by atoms with Crippen molar-refractivity contribution in [3.05, 3.63) is 53.9 Å². The molecule has 0 aliphatic carbocycles. The molecule has 1 heterocycles. The van der Waals surface area contributed by atoms with Crippen molar-refractivity contribution in [1.82, 2.24) is 20.0 Å². The highest BCUT2D eigenvalue weighted by Crippen LogP contribution is 2.12. The summed E-state index contributed by atoms with van der Waals surface area (Å²) in [5, 5.41) is 6.91. The fourth-order valence-corrected chi connectivity index (χ4v) is 2.38. The van der Waals surface area contributed by atoms with Gasteiger partial charge in [0.2, 0.25) is 5.91 Å². The number of hydrogen-bond acceptors (Lipinski definition) is 3. The maximum atomic E-state index is 11.5. The van der Waals surface area contributed by atoms with Gasteiger partial charge in [0.25, 0.3) is 0 Å². The number of amides is 1. The summed E-state index contributed by atoms with van der Waals surface area (Å²) in [4.78, 5) is 13.7. The van der Waals surface area contributed by atoms with Crippen molar-refractivity contribution in [2.45, 2.75) is 32.5 Å². The monoisotopic (exact) mass is 300 g/mol. The van der Waals surface area contributed by atoms with Gasteiger partial charge in [-0.1, -0.05) is 24.3 Å². The SMILES string of the molecule is CNC(=O)C[C@@H](C)N(C)Cc1cccc(Cn2cccn2)c1. The van der Waals surface area contributed by atoms with Crippen LogP contribution >= 0.6 is 0 Å². The molecule has 22 heavy (non-hydrogen) atoms. The fraction of sp³-hybridized carbons (Fsp3) is 0.412. The molecule has 0 fully saturated rings. The van der Waals surface area contributed by atoms with Crippen molar-refractivity contribution < 1.29 is 4.79 Å². The van der Waals surface area contributed by atoms with Crippen LogP contribution < -0.4 is 5.32 Å². The minimum Gasteiger partial charge on any atom is -0.359 e. The van der Waals surface area contributed by atoms with E-state index >= 15 is 0 Å². The van der Waals surface area contributed by atoms with E-state index in [2.05, 4.69) is 46.5 Å². The number of nitrogens with zero attached hydrogens (tertiary/aromatic N) is 3. The average Bonchev–Trinajstić information content (AvgIpc) is 3.00. The molecule has 2 rings (SSSR count). The zero-order valence-electron chi connectivity index (χ0n) is 13.5. The first-order valence-electron chi connectivity index (χ1n) is 7.54. The number of benzene rings is 1. The second-order valence-electron chi connectivity index (χ2n) is 5.67. The number of carbonyl (C=O) groups excluding carboxylic acids is 1. The van der Waals surface area contributed by atoms with Crippen LogP contribution in [0.1, 0.15) is 24.5 Å². The Bertz CT molecular complexity index is 594. The van der Waals surface area contributed by atoms with Gasteiger partial charge in [-0.15, -0.1) is 0 Å². The van der Waals surface area contributed by atoms with Gasteiger partial charge < -0.3 is 5.32 Å². The third kappa shape index (κ3) is 4.70. The molecule has 0 saturated carbocycles. The molecule has 5 heteroatoms. The van der Waals surface area contributed by atoms with Crippen LogP contribution in [0.15, 0.2) is 42.7 Å². The molecular weight excluding hydrogens is 276 g/mol. The average molecular weight is 300 g/mol. The molecule has 0 radical (unpaired) electrons. The first-order valence-corrected chi connectivity index (χ1v) is 7.54. The molecule has 1 aromatic heterocycles. The highest BCUT2D eigenvalue weighted by atomic mass is 16.1. The van der Waals surface area contributed by atoms with Gasteiger partial charge >= 0.3 is 0 Å². The zero-order chi connectivity index (χ0) is 15.9. The quantitative estimate of drug-likeness (QED) is 0.849. The third-order valence-electron chi connectivity index (χ3n) is 3.84. The number of hydrogen-bond donors (Lipinski definition) is 1. The summed E-state index contributed by atoms with van der Waals surface area (Å²) in [6.45, 7) is 3.67. The number of nitrogens with one attached hydrogen (secondary N) is 1. The van der Waals surface area contributed by atoms with Gasteiger partial charge in [0.15, 0.2) is 0 Å². The minimum atomic E-state index is 0.0757. The third-order valence-corrected chi connectivity index (χ3v) is 3.84. The zero-order valence-corrected chi connectivity index (χ0v) is 13.5. The van der Waals surface area contributed by atoms with E-state index in [4.69, 9.17) is 0 Å². The lowest BCUT2D eigenvalue weighted by atomic mass is 10.1. The lowest BCUT2D eigenvalue weighted by molar-refractivity contribution is -0.121. The van der Waals surface area contributed by atoms with E-state index in [0.29, 0.717) is 6.42 Å². The van der Waals surface area contributed by atoms with Crippen molar-refractivity contribution in [3.8, 4) is 0 Å². The predicted octanol–water partition coefficient (Wildman–Crippen LogP) is 1.89. The fourth-order valence-electron chi connectivity index (χ4n) is 2.38. The molecule has 1 atom stereocenters.